The Labute approximate surface area is 221 Å². The lowest BCUT2D eigenvalue weighted by Crippen LogP contribution is -2.31. The summed E-state index contributed by atoms with van der Waals surface area (Å²) in [6.45, 7) is 0. The van der Waals surface area contributed by atoms with E-state index in [1.807, 2.05) is 36.0 Å². The molecule has 2 aromatic carbocycles. The van der Waals surface area contributed by atoms with Gasteiger partial charge in [0.1, 0.15) is 5.01 Å². The van der Waals surface area contributed by atoms with Gasteiger partial charge < -0.3 is 28.4 Å². The summed E-state index contributed by atoms with van der Waals surface area (Å²) in [6, 6.07) is 7.85. The molecule has 0 spiro atoms. The van der Waals surface area contributed by atoms with E-state index in [1.54, 1.807) is 42.7 Å². The number of aryl methyl sites for hydroxylation is 1. The summed E-state index contributed by atoms with van der Waals surface area (Å²) in [4.78, 5) is 6.19. The van der Waals surface area contributed by atoms with Crippen LogP contribution in [0.3, 0.4) is 0 Å². The minimum absolute atomic E-state index is 0.429. The largest absolute Gasteiger partial charge is 0.493 e. The Morgan fingerprint density at radius 2 is 1.22 bits per heavy atom. The molecule has 9 nitrogen and oxygen atoms in total. The fourth-order valence-corrected chi connectivity index (χ4v) is 5.87. The predicted molar refractivity (Wildman–Crippen MR) is 143 cm³/mol. The predicted octanol–water partition coefficient (Wildman–Crippen LogP) is 4.96. The normalized spacial score (nSPS) is 15.3. The first-order chi connectivity index (χ1) is 17.9. The Kier molecular flexibility index (Phi) is 8.16. The van der Waals surface area contributed by atoms with Gasteiger partial charge in [0.05, 0.1) is 48.2 Å². The number of hydrogen-bond acceptors (Lipinski definition) is 9. The van der Waals surface area contributed by atoms with E-state index >= 15 is 0 Å². The molecule has 1 fully saturated rings. The van der Waals surface area contributed by atoms with Crippen molar-refractivity contribution in [3.63, 3.8) is 0 Å². The summed E-state index contributed by atoms with van der Waals surface area (Å²) in [6.07, 6.45) is 5.20. The van der Waals surface area contributed by atoms with Crippen LogP contribution in [0.1, 0.15) is 37.7 Å². The molecule has 10 heteroatoms. The Bertz CT molecular complexity index is 1260. The first-order valence-electron chi connectivity index (χ1n) is 12.1. The topological polar surface area (TPSA) is 85.6 Å². The van der Waals surface area contributed by atoms with Crippen molar-refractivity contribution >= 4 is 11.3 Å². The van der Waals surface area contributed by atoms with Gasteiger partial charge in [0.2, 0.25) is 16.3 Å². The van der Waals surface area contributed by atoms with Crippen molar-refractivity contribution in [1.82, 2.24) is 9.78 Å². The highest BCUT2D eigenvalue weighted by Gasteiger charge is 2.36. The van der Waals surface area contributed by atoms with Crippen LogP contribution in [-0.2, 0) is 12.6 Å². The average molecular weight is 530 g/mol. The van der Waals surface area contributed by atoms with Gasteiger partial charge in [-0.15, -0.1) is 0 Å². The molecular formula is C27H35N3O6S. The number of ether oxygens (including phenoxy) is 6. The molecule has 1 aromatic heterocycles. The van der Waals surface area contributed by atoms with Crippen LogP contribution in [-0.4, -0.2) is 52.4 Å². The summed E-state index contributed by atoms with van der Waals surface area (Å²) < 4.78 is 35.3. The van der Waals surface area contributed by atoms with Crippen LogP contribution in [0.2, 0.25) is 0 Å². The van der Waals surface area contributed by atoms with E-state index in [0.717, 1.165) is 46.6 Å². The van der Waals surface area contributed by atoms with Crippen molar-refractivity contribution in [3.8, 4) is 45.1 Å². The summed E-state index contributed by atoms with van der Waals surface area (Å²) >= 11 is 1.52. The zero-order chi connectivity index (χ0) is 26.6. The van der Waals surface area contributed by atoms with E-state index in [1.165, 1.54) is 17.8 Å². The average Bonchev–Trinajstić information content (AvgIpc) is 3.30. The number of hydrogen-bond donors (Lipinski definition) is 0. The third-order valence-corrected chi connectivity index (χ3v) is 7.86. The van der Waals surface area contributed by atoms with Crippen LogP contribution in [0, 0.1) is 0 Å². The zero-order valence-corrected chi connectivity index (χ0v) is 23.4. The minimum atomic E-state index is -0.429. The van der Waals surface area contributed by atoms with Gasteiger partial charge in [0.15, 0.2) is 23.0 Å². The Balaban J connectivity index is 1.86. The highest BCUT2D eigenvalue weighted by molar-refractivity contribution is 7.12. The SMILES string of the molecule is COc1cc(-c2nn(C)c(=NC3(c4cc(OC)c(OC)c(OC)c4)CCCCC3)s2)cc(OC)c1OC. The standard InChI is InChI=1S/C27H35N3O6S/c1-30-26(37-25(29-30)17-13-19(31-2)23(35-6)20(14-17)32-3)28-27(11-9-8-10-12-27)18-15-21(33-4)24(36-7)22(16-18)34-5/h13-16H,8-12H2,1-7H3. The molecule has 4 rings (SSSR count). The van der Waals surface area contributed by atoms with Gasteiger partial charge in [-0.05, 0) is 42.7 Å². The van der Waals surface area contributed by atoms with Crippen LogP contribution in [0.5, 0.6) is 34.5 Å². The van der Waals surface area contributed by atoms with Crippen LogP contribution in [0.15, 0.2) is 29.3 Å². The molecule has 1 saturated carbocycles. The van der Waals surface area contributed by atoms with Crippen LogP contribution in [0.25, 0.3) is 10.6 Å². The van der Waals surface area contributed by atoms with Gasteiger partial charge in [-0.25, -0.2) is 9.67 Å². The molecular weight excluding hydrogens is 494 g/mol. The van der Waals surface area contributed by atoms with Crippen LogP contribution >= 0.6 is 11.3 Å². The quantitative estimate of drug-likeness (QED) is 0.387. The highest BCUT2D eigenvalue weighted by atomic mass is 32.1. The molecule has 0 unspecified atom stereocenters. The summed E-state index contributed by atoms with van der Waals surface area (Å²) in [7, 11) is 11.6. The van der Waals surface area contributed by atoms with E-state index in [2.05, 4.69) is 0 Å². The van der Waals surface area contributed by atoms with Crippen molar-refractivity contribution in [2.45, 2.75) is 37.6 Å². The first-order valence-corrected chi connectivity index (χ1v) is 13.0. The lowest BCUT2D eigenvalue weighted by atomic mass is 9.77. The second-order valence-corrected chi connectivity index (χ2v) is 9.80. The number of rotatable bonds is 9. The summed E-state index contributed by atoms with van der Waals surface area (Å²) in [5.41, 5.74) is 1.48. The lowest BCUT2D eigenvalue weighted by molar-refractivity contribution is 0.288. The summed E-state index contributed by atoms with van der Waals surface area (Å²) in [5, 5.41) is 5.59. The lowest BCUT2D eigenvalue weighted by Gasteiger charge is -2.34. The third-order valence-electron chi connectivity index (χ3n) is 6.81. The smallest absolute Gasteiger partial charge is 0.204 e. The molecule has 0 N–H and O–H groups in total. The van der Waals surface area contributed by atoms with Gasteiger partial charge >= 0.3 is 0 Å². The van der Waals surface area contributed by atoms with E-state index in [-0.39, 0.29) is 0 Å². The van der Waals surface area contributed by atoms with E-state index in [4.69, 9.17) is 38.5 Å². The first kappa shape index (κ1) is 26.7. The highest BCUT2D eigenvalue weighted by Crippen LogP contribution is 2.47. The second kappa shape index (κ2) is 11.3. The monoisotopic (exact) mass is 529 g/mol. The molecule has 0 bridgehead atoms. The molecule has 3 aromatic rings. The molecule has 0 radical (unpaired) electrons. The van der Waals surface area contributed by atoms with Crippen LogP contribution in [0.4, 0.5) is 0 Å². The van der Waals surface area contributed by atoms with Crippen molar-refractivity contribution in [2.75, 3.05) is 42.7 Å². The second-order valence-electron chi connectivity index (χ2n) is 8.85. The van der Waals surface area contributed by atoms with Crippen LogP contribution < -0.4 is 33.2 Å². The Morgan fingerprint density at radius 3 is 1.68 bits per heavy atom. The van der Waals surface area contributed by atoms with E-state index < -0.39 is 5.54 Å². The van der Waals surface area contributed by atoms with Gasteiger partial charge in [-0.1, -0.05) is 30.6 Å². The number of nitrogens with zero attached hydrogens (tertiary/aromatic N) is 3. The number of methoxy groups -OCH3 is 6. The molecule has 1 heterocycles. The Hall–Kier alpha value is -3.40. The van der Waals surface area contributed by atoms with E-state index in [0.29, 0.717) is 34.5 Å². The molecule has 200 valence electrons. The molecule has 1 aliphatic carbocycles. The maximum Gasteiger partial charge on any atom is 0.204 e. The van der Waals surface area contributed by atoms with Crippen molar-refractivity contribution in [1.29, 1.82) is 0 Å². The zero-order valence-electron chi connectivity index (χ0n) is 22.5. The fraction of sp³-hybridized carbons (Fsp3) is 0.481. The van der Waals surface area contributed by atoms with Gasteiger partial charge in [0, 0.05) is 12.6 Å². The van der Waals surface area contributed by atoms with Gasteiger partial charge in [0.25, 0.3) is 0 Å². The fourth-order valence-electron chi connectivity index (χ4n) is 4.90. The minimum Gasteiger partial charge on any atom is -0.493 e. The van der Waals surface area contributed by atoms with Gasteiger partial charge in [-0.3, -0.25) is 0 Å². The molecule has 0 saturated heterocycles. The summed E-state index contributed by atoms with van der Waals surface area (Å²) in [5.74, 6) is 3.53. The van der Waals surface area contributed by atoms with Crippen molar-refractivity contribution in [3.05, 3.63) is 34.6 Å². The molecule has 0 amide bonds. The Morgan fingerprint density at radius 1 is 0.730 bits per heavy atom. The maximum absolute atomic E-state index is 5.66. The molecule has 37 heavy (non-hydrogen) atoms. The van der Waals surface area contributed by atoms with Crippen molar-refractivity contribution in [2.24, 2.45) is 12.0 Å². The molecule has 1 aliphatic rings. The molecule has 0 atom stereocenters. The molecule has 0 aliphatic heterocycles. The van der Waals surface area contributed by atoms with E-state index in [9.17, 15) is 0 Å². The number of benzene rings is 2. The maximum atomic E-state index is 5.66. The third kappa shape index (κ3) is 5.07. The number of aromatic nitrogens is 2. The van der Waals surface area contributed by atoms with Gasteiger partial charge in [-0.2, -0.15) is 5.10 Å². The van der Waals surface area contributed by atoms with Crippen molar-refractivity contribution < 1.29 is 28.4 Å².